The summed E-state index contributed by atoms with van der Waals surface area (Å²) in [6.45, 7) is 7.69. The summed E-state index contributed by atoms with van der Waals surface area (Å²) in [6.07, 6.45) is 9.10. The summed E-state index contributed by atoms with van der Waals surface area (Å²) in [5.74, 6) is 2.22. The molecule has 5 heterocycles. The first-order valence-electron chi connectivity index (χ1n) is 11.7. The molecule has 0 spiro atoms. The number of aryl methyl sites for hydroxylation is 1. The van der Waals surface area contributed by atoms with Gasteiger partial charge in [0.1, 0.15) is 18.2 Å². The zero-order valence-electron chi connectivity index (χ0n) is 19.9. The van der Waals surface area contributed by atoms with Crippen molar-refractivity contribution < 1.29 is 9.47 Å². The lowest BCUT2D eigenvalue weighted by Crippen LogP contribution is -2.33. The van der Waals surface area contributed by atoms with E-state index in [2.05, 4.69) is 40.1 Å². The zero-order valence-corrected chi connectivity index (χ0v) is 19.9. The third-order valence-electron chi connectivity index (χ3n) is 7.01. The summed E-state index contributed by atoms with van der Waals surface area (Å²) in [5, 5.41) is 13.2. The lowest BCUT2D eigenvalue weighted by atomic mass is 9.91. The van der Waals surface area contributed by atoms with Gasteiger partial charge in [0, 0.05) is 29.3 Å². The van der Waals surface area contributed by atoms with Crippen LogP contribution in [0.5, 0.6) is 5.88 Å². The Morgan fingerprint density at radius 2 is 2.06 bits per heavy atom. The van der Waals surface area contributed by atoms with Crippen molar-refractivity contribution in [3.8, 4) is 22.8 Å². The van der Waals surface area contributed by atoms with Crippen molar-refractivity contribution in [3.05, 3.63) is 35.8 Å². The first-order valence-corrected chi connectivity index (χ1v) is 11.7. The SMILES string of the molecule is COc1ncc(-n2nc(-c3cnn(C(C)C4CCN(C)CC4)c3)c3c2NCOCC3)cc1C. The minimum absolute atomic E-state index is 0.364. The van der Waals surface area contributed by atoms with E-state index >= 15 is 0 Å². The molecule has 1 unspecified atom stereocenters. The Balaban J connectivity index is 1.49. The molecule has 3 aromatic rings. The van der Waals surface area contributed by atoms with Crippen LogP contribution in [0, 0.1) is 12.8 Å². The molecule has 1 saturated heterocycles. The molecule has 1 fully saturated rings. The van der Waals surface area contributed by atoms with Crippen LogP contribution in [-0.2, 0) is 11.2 Å². The molecular weight excluding hydrogens is 418 g/mol. The Morgan fingerprint density at radius 1 is 1.24 bits per heavy atom. The Kier molecular flexibility index (Phi) is 6.07. The first-order chi connectivity index (χ1) is 16.0. The number of nitrogens with zero attached hydrogens (tertiary/aromatic N) is 6. The number of pyridine rings is 1. The number of ether oxygens (including phenoxy) is 2. The Bertz CT molecular complexity index is 1110. The van der Waals surface area contributed by atoms with Gasteiger partial charge in [-0.3, -0.25) is 4.68 Å². The third kappa shape index (κ3) is 4.22. The van der Waals surface area contributed by atoms with Crippen molar-refractivity contribution in [2.24, 2.45) is 5.92 Å². The minimum Gasteiger partial charge on any atom is -0.481 e. The van der Waals surface area contributed by atoms with Gasteiger partial charge >= 0.3 is 0 Å². The van der Waals surface area contributed by atoms with E-state index in [1.54, 1.807) is 13.3 Å². The maximum absolute atomic E-state index is 5.70. The van der Waals surface area contributed by atoms with E-state index in [9.17, 15) is 0 Å². The van der Waals surface area contributed by atoms with Gasteiger partial charge in [0.25, 0.3) is 0 Å². The molecule has 1 atom stereocenters. The second kappa shape index (κ2) is 9.15. The summed E-state index contributed by atoms with van der Waals surface area (Å²) in [6, 6.07) is 2.41. The van der Waals surface area contributed by atoms with Gasteiger partial charge in [0.05, 0.1) is 37.8 Å². The number of hydrogen-bond donors (Lipinski definition) is 1. The van der Waals surface area contributed by atoms with E-state index in [-0.39, 0.29) is 0 Å². The molecule has 0 aliphatic carbocycles. The standard InChI is InChI=1S/C24H33N7O2/c1-16-11-20(13-25-24(16)32-4)31-23-21(7-10-33-15-26-23)22(28-31)19-12-27-30(14-19)17(2)18-5-8-29(3)9-6-18/h11-14,17-18,26H,5-10,15H2,1-4H3. The average Bonchev–Trinajstić information content (AvgIpc) is 3.37. The number of methoxy groups -OCH3 is 1. The highest BCUT2D eigenvalue weighted by molar-refractivity contribution is 5.70. The summed E-state index contributed by atoms with van der Waals surface area (Å²) in [5.41, 5.74) is 4.97. The summed E-state index contributed by atoms with van der Waals surface area (Å²) >= 11 is 0. The molecule has 176 valence electrons. The van der Waals surface area contributed by atoms with Crippen LogP contribution in [0.1, 0.15) is 36.9 Å². The van der Waals surface area contributed by atoms with Gasteiger partial charge < -0.3 is 19.7 Å². The van der Waals surface area contributed by atoms with Crippen molar-refractivity contribution in [2.45, 2.75) is 39.2 Å². The summed E-state index contributed by atoms with van der Waals surface area (Å²) in [7, 11) is 3.84. The van der Waals surface area contributed by atoms with Gasteiger partial charge in [-0.1, -0.05) is 0 Å². The van der Waals surface area contributed by atoms with E-state index in [1.165, 1.54) is 12.8 Å². The van der Waals surface area contributed by atoms with Crippen LogP contribution in [0.3, 0.4) is 0 Å². The predicted octanol–water partition coefficient (Wildman–Crippen LogP) is 3.29. The van der Waals surface area contributed by atoms with E-state index < -0.39 is 0 Å². The molecule has 0 aromatic carbocycles. The molecule has 0 saturated carbocycles. The molecular formula is C24H33N7O2. The number of anilines is 1. The Morgan fingerprint density at radius 3 is 2.82 bits per heavy atom. The second-order valence-corrected chi connectivity index (χ2v) is 9.18. The predicted molar refractivity (Wildman–Crippen MR) is 127 cm³/mol. The van der Waals surface area contributed by atoms with Gasteiger partial charge in [-0.2, -0.15) is 10.2 Å². The van der Waals surface area contributed by atoms with Crippen LogP contribution in [0.2, 0.25) is 0 Å². The number of hydrogen-bond acceptors (Lipinski definition) is 7. The Labute approximate surface area is 194 Å². The highest BCUT2D eigenvalue weighted by Crippen LogP contribution is 2.34. The van der Waals surface area contributed by atoms with Crippen molar-refractivity contribution >= 4 is 5.82 Å². The van der Waals surface area contributed by atoms with Crippen LogP contribution in [0.25, 0.3) is 16.9 Å². The largest absolute Gasteiger partial charge is 0.481 e. The molecule has 9 heteroatoms. The smallest absolute Gasteiger partial charge is 0.216 e. The maximum atomic E-state index is 5.70. The van der Waals surface area contributed by atoms with Crippen molar-refractivity contribution in [2.75, 3.05) is 45.9 Å². The number of nitrogens with one attached hydrogen (secondary N) is 1. The molecule has 2 aliphatic heterocycles. The minimum atomic E-state index is 0.364. The van der Waals surface area contributed by atoms with E-state index in [1.807, 2.05) is 23.9 Å². The highest BCUT2D eigenvalue weighted by atomic mass is 16.5. The maximum Gasteiger partial charge on any atom is 0.216 e. The zero-order chi connectivity index (χ0) is 22.9. The average molecular weight is 452 g/mol. The molecule has 5 rings (SSSR count). The lowest BCUT2D eigenvalue weighted by Gasteiger charge is -2.32. The molecule has 0 radical (unpaired) electrons. The molecule has 0 amide bonds. The summed E-state index contributed by atoms with van der Waals surface area (Å²) < 4.78 is 15.1. The second-order valence-electron chi connectivity index (χ2n) is 9.18. The highest BCUT2D eigenvalue weighted by Gasteiger charge is 2.26. The fourth-order valence-electron chi connectivity index (χ4n) is 4.94. The third-order valence-corrected chi connectivity index (χ3v) is 7.01. The van der Waals surface area contributed by atoms with Crippen molar-refractivity contribution in [1.82, 2.24) is 29.4 Å². The molecule has 3 aromatic heterocycles. The summed E-state index contributed by atoms with van der Waals surface area (Å²) in [4.78, 5) is 6.86. The van der Waals surface area contributed by atoms with Crippen LogP contribution in [0.15, 0.2) is 24.7 Å². The molecule has 9 nitrogen and oxygen atoms in total. The first kappa shape index (κ1) is 21.9. The van der Waals surface area contributed by atoms with E-state index in [0.29, 0.717) is 31.2 Å². The number of rotatable bonds is 5. The fourth-order valence-corrected chi connectivity index (χ4v) is 4.94. The van der Waals surface area contributed by atoms with Gasteiger partial charge in [0.2, 0.25) is 5.88 Å². The van der Waals surface area contributed by atoms with Crippen LogP contribution in [-0.4, -0.2) is 70.0 Å². The topological polar surface area (TPSA) is 82.3 Å². The number of piperidine rings is 1. The molecule has 2 aliphatic rings. The van der Waals surface area contributed by atoms with E-state index in [4.69, 9.17) is 19.7 Å². The monoisotopic (exact) mass is 451 g/mol. The van der Waals surface area contributed by atoms with Crippen LogP contribution in [0.4, 0.5) is 5.82 Å². The van der Waals surface area contributed by atoms with Crippen LogP contribution < -0.4 is 10.1 Å². The lowest BCUT2D eigenvalue weighted by molar-refractivity contribution is 0.159. The van der Waals surface area contributed by atoms with Gasteiger partial charge in [-0.15, -0.1) is 0 Å². The fraction of sp³-hybridized carbons (Fsp3) is 0.542. The number of likely N-dealkylation sites (tertiary alicyclic amines) is 1. The number of aromatic nitrogens is 5. The van der Waals surface area contributed by atoms with E-state index in [0.717, 1.165) is 53.4 Å². The van der Waals surface area contributed by atoms with Gasteiger partial charge in [-0.25, -0.2) is 9.67 Å². The molecule has 1 N–H and O–H groups in total. The quantitative estimate of drug-likeness (QED) is 0.637. The normalized spacial score (nSPS) is 18.4. The van der Waals surface area contributed by atoms with Gasteiger partial charge in [-0.05, 0) is 58.8 Å². The molecule has 0 bridgehead atoms. The van der Waals surface area contributed by atoms with Crippen molar-refractivity contribution in [1.29, 1.82) is 0 Å². The van der Waals surface area contributed by atoms with Gasteiger partial charge in [0.15, 0.2) is 0 Å². The van der Waals surface area contributed by atoms with Crippen molar-refractivity contribution in [3.63, 3.8) is 0 Å². The Hall–Kier alpha value is -2.91. The number of fused-ring (bicyclic) bond motifs is 1. The van der Waals surface area contributed by atoms with Crippen LogP contribution >= 0.6 is 0 Å². The molecule has 33 heavy (non-hydrogen) atoms.